The second-order valence-electron chi connectivity index (χ2n) is 6.71. The fourth-order valence-corrected chi connectivity index (χ4v) is 2.27. The van der Waals surface area contributed by atoms with Crippen LogP contribution in [0.4, 0.5) is 57.1 Å². The predicted molar refractivity (Wildman–Crippen MR) is 71.6 cm³/mol. The first-order valence-corrected chi connectivity index (χ1v) is 7.81. The van der Waals surface area contributed by atoms with E-state index in [0.717, 1.165) is 0 Å². The van der Waals surface area contributed by atoms with Gasteiger partial charge in [-0.1, -0.05) is 12.8 Å². The van der Waals surface area contributed by atoms with Gasteiger partial charge in [0.1, 0.15) is 0 Å². The maximum absolute atomic E-state index is 13.7. The standard InChI is InChI=1S/C14H17F13O2/c1-8(29,5-3-2-4-6-28)7-9(15,16)10(17,18)11(19,20)12(21,22)13(23,24)14(25,26)27/h28-29H,2-7H2,1H3. The molecule has 0 rings (SSSR count). The molecule has 0 aromatic heterocycles. The number of halogens is 13. The van der Waals surface area contributed by atoms with Gasteiger partial charge >= 0.3 is 35.8 Å². The van der Waals surface area contributed by atoms with Crippen LogP contribution in [0.5, 0.6) is 0 Å². The molecule has 0 saturated carbocycles. The fourth-order valence-electron chi connectivity index (χ4n) is 2.27. The summed E-state index contributed by atoms with van der Waals surface area (Å²) in [6.45, 7) is 0.0572. The van der Waals surface area contributed by atoms with Gasteiger partial charge in [-0.05, 0) is 19.8 Å². The molecule has 29 heavy (non-hydrogen) atoms. The highest BCUT2D eigenvalue weighted by atomic mass is 19.4. The van der Waals surface area contributed by atoms with Crippen LogP contribution in [0.15, 0.2) is 0 Å². The Hall–Kier alpha value is -0.990. The lowest BCUT2D eigenvalue weighted by Gasteiger charge is -2.41. The van der Waals surface area contributed by atoms with Crippen LogP contribution in [0.3, 0.4) is 0 Å². The van der Waals surface area contributed by atoms with E-state index in [2.05, 4.69) is 0 Å². The average molecular weight is 464 g/mol. The minimum absolute atomic E-state index is 0.0562. The third-order valence-corrected chi connectivity index (χ3v) is 3.97. The summed E-state index contributed by atoms with van der Waals surface area (Å²) in [4.78, 5) is 0. The summed E-state index contributed by atoms with van der Waals surface area (Å²) in [7, 11) is 0. The largest absolute Gasteiger partial charge is 0.460 e. The lowest BCUT2D eigenvalue weighted by atomic mass is 9.85. The van der Waals surface area contributed by atoms with Crippen LogP contribution in [0, 0.1) is 0 Å². The summed E-state index contributed by atoms with van der Waals surface area (Å²) in [5.74, 6) is -37.3. The van der Waals surface area contributed by atoms with Gasteiger partial charge in [-0.2, -0.15) is 57.1 Å². The average Bonchev–Trinajstić information content (AvgIpc) is 2.48. The van der Waals surface area contributed by atoms with Gasteiger partial charge in [-0.15, -0.1) is 0 Å². The molecule has 0 saturated heterocycles. The monoisotopic (exact) mass is 464 g/mol. The predicted octanol–water partition coefficient (Wildman–Crippen LogP) is 5.42. The van der Waals surface area contributed by atoms with E-state index in [4.69, 9.17) is 5.11 Å². The fraction of sp³-hybridized carbons (Fsp3) is 1.00. The van der Waals surface area contributed by atoms with E-state index in [-0.39, 0.29) is 25.9 Å². The molecule has 0 fully saturated rings. The number of rotatable bonds is 11. The molecule has 2 N–H and O–H groups in total. The van der Waals surface area contributed by atoms with Crippen molar-refractivity contribution in [3.05, 3.63) is 0 Å². The van der Waals surface area contributed by atoms with E-state index in [9.17, 15) is 62.2 Å². The lowest BCUT2D eigenvalue weighted by molar-refractivity contribution is -0.441. The van der Waals surface area contributed by atoms with Crippen molar-refractivity contribution in [2.24, 2.45) is 0 Å². The zero-order chi connectivity index (χ0) is 23.7. The van der Waals surface area contributed by atoms with Crippen molar-refractivity contribution in [2.45, 2.75) is 80.4 Å². The Balaban J connectivity index is 5.87. The van der Waals surface area contributed by atoms with Crippen LogP contribution >= 0.6 is 0 Å². The highest BCUT2D eigenvalue weighted by Gasteiger charge is 2.90. The Kier molecular flexibility index (Phi) is 7.99. The maximum atomic E-state index is 13.7. The second-order valence-corrected chi connectivity index (χ2v) is 6.71. The van der Waals surface area contributed by atoms with Gasteiger partial charge in [0.05, 0.1) is 5.60 Å². The molecule has 0 aliphatic carbocycles. The van der Waals surface area contributed by atoms with E-state index in [1.165, 1.54) is 0 Å². The van der Waals surface area contributed by atoms with Gasteiger partial charge in [-0.3, -0.25) is 0 Å². The van der Waals surface area contributed by atoms with Gasteiger partial charge in [0.2, 0.25) is 0 Å². The number of hydrogen-bond acceptors (Lipinski definition) is 2. The minimum atomic E-state index is -7.95. The van der Waals surface area contributed by atoms with Crippen molar-refractivity contribution in [3.63, 3.8) is 0 Å². The van der Waals surface area contributed by atoms with E-state index in [1.807, 2.05) is 0 Å². The first-order valence-electron chi connectivity index (χ1n) is 7.81. The molecule has 0 radical (unpaired) electrons. The third-order valence-electron chi connectivity index (χ3n) is 3.97. The lowest BCUT2D eigenvalue weighted by Crippen LogP contribution is -2.70. The Bertz CT molecular complexity index is 540. The smallest absolute Gasteiger partial charge is 0.396 e. The molecular formula is C14H17F13O2. The number of hydrogen-bond donors (Lipinski definition) is 2. The summed E-state index contributed by atoms with van der Waals surface area (Å²) in [6, 6.07) is 0. The Morgan fingerprint density at radius 3 is 1.38 bits per heavy atom. The van der Waals surface area contributed by atoms with Gasteiger partial charge in [0.25, 0.3) is 0 Å². The molecule has 176 valence electrons. The van der Waals surface area contributed by atoms with Crippen LogP contribution < -0.4 is 0 Å². The van der Waals surface area contributed by atoms with Crippen LogP contribution in [0.2, 0.25) is 0 Å². The van der Waals surface area contributed by atoms with Gasteiger partial charge < -0.3 is 10.2 Å². The summed E-state index contributed by atoms with van der Waals surface area (Å²) in [6.07, 6.45) is -11.0. The quantitative estimate of drug-likeness (QED) is 0.317. The number of aliphatic hydroxyl groups excluding tert-OH is 1. The molecule has 0 bridgehead atoms. The summed E-state index contributed by atoms with van der Waals surface area (Å²) >= 11 is 0. The van der Waals surface area contributed by atoms with Crippen LogP contribution in [-0.2, 0) is 0 Å². The summed E-state index contributed by atoms with van der Waals surface area (Å²) < 4.78 is 169. The molecule has 0 aromatic rings. The highest BCUT2D eigenvalue weighted by molar-refractivity contribution is 5.11. The van der Waals surface area contributed by atoms with Crippen molar-refractivity contribution < 1.29 is 67.3 Å². The van der Waals surface area contributed by atoms with Crippen molar-refractivity contribution in [1.29, 1.82) is 0 Å². The SMILES string of the molecule is CC(O)(CCCCCO)CC(F)(F)C(F)(F)C(F)(F)C(F)(F)C(F)(F)C(F)(F)F. The Labute approximate surface area is 155 Å². The molecule has 0 aliphatic heterocycles. The molecule has 0 amide bonds. The maximum Gasteiger partial charge on any atom is 0.460 e. The molecule has 1 atom stereocenters. The zero-order valence-electron chi connectivity index (χ0n) is 14.6. The normalized spacial score (nSPS) is 17.4. The van der Waals surface area contributed by atoms with E-state index >= 15 is 0 Å². The second kappa shape index (κ2) is 8.27. The van der Waals surface area contributed by atoms with Crippen molar-refractivity contribution in [2.75, 3.05) is 6.61 Å². The molecule has 0 aromatic carbocycles. The molecule has 2 nitrogen and oxygen atoms in total. The molecule has 1 unspecified atom stereocenters. The molecular weight excluding hydrogens is 447 g/mol. The molecule has 15 heteroatoms. The first kappa shape index (κ1) is 28.0. The number of alkyl halides is 13. The minimum Gasteiger partial charge on any atom is -0.396 e. The van der Waals surface area contributed by atoms with E-state index in [1.54, 1.807) is 0 Å². The summed E-state index contributed by atoms with van der Waals surface area (Å²) in [5, 5.41) is 18.1. The van der Waals surface area contributed by atoms with Crippen molar-refractivity contribution >= 4 is 0 Å². The topological polar surface area (TPSA) is 40.5 Å². The summed E-state index contributed by atoms with van der Waals surface area (Å²) in [5.41, 5.74) is -2.90. The number of unbranched alkanes of at least 4 members (excludes halogenated alkanes) is 2. The van der Waals surface area contributed by atoms with Crippen molar-refractivity contribution in [1.82, 2.24) is 0 Å². The van der Waals surface area contributed by atoms with Crippen LogP contribution in [-0.4, -0.2) is 58.2 Å². The molecule has 0 spiro atoms. The third kappa shape index (κ3) is 5.20. The van der Waals surface area contributed by atoms with Crippen LogP contribution in [0.1, 0.15) is 39.0 Å². The van der Waals surface area contributed by atoms with Crippen molar-refractivity contribution in [3.8, 4) is 0 Å². The molecule has 0 aliphatic rings. The van der Waals surface area contributed by atoms with Gasteiger partial charge in [0, 0.05) is 13.0 Å². The Morgan fingerprint density at radius 1 is 0.586 bits per heavy atom. The first-order chi connectivity index (χ1) is 12.5. The zero-order valence-corrected chi connectivity index (χ0v) is 14.6. The van der Waals surface area contributed by atoms with Gasteiger partial charge in [0.15, 0.2) is 0 Å². The highest BCUT2D eigenvalue weighted by Crippen LogP contribution is 2.61. The van der Waals surface area contributed by atoms with E-state index < -0.39 is 54.2 Å². The number of aliphatic hydroxyl groups is 2. The Morgan fingerprint density at radius 2 is 1.00 bits per heavy atom. The molecule has 0 heterocycles. The van der Waals surface area contributed by atoms with E-state index in [0.29, 0.717) is 6.92 Å². The van der Waals surface area contributed by atoms with Gasteiger partial charge in [-0.25, -0.2) is 0 Å². The van der Waals surface area contributed by atoms with Crippen LogP contribution in [0.25, 0.3) is 0 Å².